The van der Waals surface area contributed by atoms with Gasteiger partial charge in [-0.15, -0.1) is 0 Å². The average Bonchev–Trinajstić information content (AvgIpc) is 2.41. The fourth-order valence-electron chi connectivity index (χ4n) is 1.78. The molecule has 2 aromatic rings. The van der Waals surface area contributed by atoms with E-state index in [2.05, 4.69) is 5.32 Å². The second-order valence-electron chi connectivity index (χ2n) is 4.48. The van der Waals surface area contributed by atoms with E-state index in [9.17, 15) is 9.90 Å². The molecular formula is C15H15ClN2O2. The predicted molar refractivity (Wildman–Crippen MR) is 79.9 cm³/mol. The summed E-state index contributed by atoms with van der Waals surface area (Å²) in [7, 11) is 0. The van der Waals surface area contributed by atoms with Gasteiger partial charge in [0.25, 0.3) is 0 Å². The number of carbonyl (C=O) groups is 1. The highest BCUT2D eigenvalue weighted by Crippen LogP contribution is 2.15. The fourth-order valence-corrected chi connectivity index (χ4v) is 1.97. The standard InChI is InChI=1S/C15H15ClN2O2/c16-11-2-1-3-12(9-11)18-15(20)14(17)8-10-4-6-13(19)7-5-10/h1-7,9,14,19H,8,17H2,(H,18,20)/t14-/m0/s1. The number of anilines is 1. The molecule has 0 spiro atoms. The number of hydrogen-bond acceptors (Lipinski definition) is 3. The van der Waals surface area contributed by atoms with Crippen molar-refractivity contribution in [2.75, 3.05) is 5.32 Å². The van der Waals surface area contributed by atoms with E-state index in [1.165, 1.54) is 0 Å². The normalized spacial score (nSPS) is 11.9. The van der Waals surface area contributed by atoms with E-state index in [0.29, 0.717) is 17.1 Å². The maximum absolute atomic E-state index is 12.0. The molecule has 0 saturated carbocycles. The topological polar surface area (TPSA) is 75.3 Å². The van der Waals surface area contributed by atoms with Crippen LogP contribution in [0.15, 0.2) is 48.5 Å². The quantitative estimate of drug-likeness (QED) is 0.810. The summed E-state index contributed by atoms with van der Waals surface area (Å²) < 4.78 is 0. The summed E-state index contributed by atoms with van der Waals surface area (Å²) in [4.78, 5) is 12.0. The van der Waals surface area contributed by atoms with Crippen LogP contribution in [0.5, 0.6) is 5.75 Å². The summed E-state index contributed by atoms with van der Waals surface area (Å²) in [5.41, 5.74) is 7.37. The minimum atomic E-state index is -0.668. The van der Waals surface area contributed by atoms with Gasteiger partial charge in [-0.05, 0) is 42.3 Å². The molecule has 0 aliphatic carbocycles. The van der Waals surface area contributed by atoms with Crippen LogP contribution < -0.4 is 11.1 Å². The monoisotopic (exact) mass is 290 g/mol. The first-order valence-electron chi connectivity index (χ1n) is 6.14. The van der Waals surface area contributed by atoms with E-state index in [1.54, 1.807) is 48.5 Å². The third-order valence-corrected chi connectivity index (χ3v) is 3.06. The lowest BCUT2D eigenvalue weighted by Gasteiger charge is -2.12. The molecule has 1 amide bonds. The first-order chi connectivity index (χ1) is 9.54. The molecule has 1 atom stereocenters. The van der Waals surface area contributed by atoms with Crippen LogP contribution in [0.25, 0.3) is 0 Å². The molecule has 0 fully saturated rings. The number of benzene rings is 2. The number of nitrogens with one attached hydrogen (secondary N) is 1. The van der Waals surface area contributed by atoms with Gasteiger partial charge < -0.3 is 16.2 Å². The molecule has 0 aliphatic rings. The first-order valence-corrected chi connectivity index (χ1v) is 6.52. The van der Waals surface area contributed by atoms with Crippen molar-refractivity contribution in [3.05, 3.63) is 59.1 Å². The van der Waals surface area contributed by atoms with Gasteiger partial charge >= 0.3 is 0 Å². The minimum absolute atomic E-state index is 0.186. The molecule has 4 N–H and O–H groups in total. The molecular weight excluding hydrogens is 276 g/mol. The zero-order valence-electron chi connectivity index (χ0n) is 10.7. The Morgan fingerprint density at radius 1 is 1.25 bits per heavy atom. The number of amides is 1. The number of nitrogens with two attached hydrogens (primary N) is 1. The second-order valence-corrected chi connectivity index (χ2v) is 4.91. The maximum Gasteiger partial charge on any atom is 0.241 e. The van der Waals surface area contributed by atoms with Gasteiger partial charge in [0.15, 0.2) is 0 Å². The summed E-state index contributed by atoms with van der Waals surface area (Å²) in [6.45, 7) is 0. The molecule has 2 aromatic carbocycles. The lowest BCUT2D eigenvalue weighted by molar-refractivity contribution is -0.117. The summed E-state index contributed by atoms with van der Waals surface area (Å²) in [6.07, 6.45) is 0.396. The van der Waals surface area contributed by atoms with Gasteiger partial charge in [-0.25, -0.2) is 0 Å². The second kappa shape index (κ2) is 6.41. The van der Waals surface area contributed by atoms with E-state index in [1.807, 2.05) is 0 Å². The summed E-state index contributed by atoms with van der Waals surface area (Å²) in [5.74, 6) is -0.0916. The number of rotatable bonds is 4. The molecule has 0 saturated heterocycles. The Hall–Kier alpha value is -2.04. The molecule has 0 aromatic heterocycles. The maximum atomic E-state index is 12.0. The summed E-state index contributed by atoms with van der Waals surface area (Å²) >= 11 is 5.85. The van der Waals surface area contributed by atoms with Crippen molar-refractivity contribution in [2.45, 2.75) is 12.5 Å². The van der Waals surface area contributed by atoms with Gasteiger partial charge in [0.05, 0.1) is 6.04 Å². The first kappa shape index (κ1) is 14.4. The molecule has 104 valence electrons. The van der Waals surface area contributed by atoms with Crippen molar-refractivity contribution in [2.24, 2.45) is 5.73 Å². The molecule has 0 bridgehead atoms. The highest BCUT2D eigenvalue weighted by Gasteiger charge is 2.14. The van der Waals surface area contributed by atoms with Gasteiger partial charge in [-0.1, -0.05) is 29.8 Å². The Balaban J connectivity index is 1.96. The number of carbonyl (C=O) groups excluding carboxylic acids is 1. The molecule has 4 nitrogen and oxygen atoms in total. The van der Waals surface area contributed by atoms with Crippen molar-refractivity contribution in [1.82, 2.24) is 0 Å². The average molecular weight is 291 g/mol. The third-order valence-electron chi connectivity index (χ3n) is 2.82. The third kappa shape index (κ3) is 3.98. The van der Waals surface area contributed by atoms with Gasteiger partial charge in [0.1, 0.15) is 5.75 Å². The largest absolute Gasteiger partial charge is 0.508 e. The fraction of sp³-hybridized carbons (Fsp3) is 0.133. The number of aromatic hydroxyl groups is 1. The Morgan fingerprint density at radius 3 is 2.60 bits per heavy atom. The smallest absolute Gasteiger partial charge is 0.241 e. The van der Waals surface area contributed by atoms with Crippen LogP contribution >= 0.6 is 11.6 Å². The number of phenolic OH excluding ortho intramolecular Hbond substituents is 1. The minimum Gasteiger partial charge on any atom is -0.508 e. The molecule has 0 heterocycles. The van der Waals surface area contributed by atoms with Gasteiger partial charge in [-0.2, -0.15) is 0 Å². The van der Waals surface area contributed by atoms with Crippen LogP contribution in [-0.4, -0.2) is 17.1 Å². The van der Waals surface area contributed by atoms with Crippen LogP contribution in [0.1, 0.15) is 5.56 Å². The van der Waals surface area contributed by atoms with Crippen molar-refractivity contribution in [3.63, 3.8) is 0 Å². The Kier molecular flexibility index (Phi) is 4.61. The number of hydrogen-bond donors (Lipinski definition) is 3. The van der Waals surface area contributed by atoms with E-state index in [0.717, 1.165) is 5.56 Å². The lowest BCUT2D eigenvalue weighted by Crippen LogP contribution is -2.37. The van der Waals surface area contributed by atoms with E-state index < -0.39 is 6.04 Å². The highest BCUT2D eigenvalue weighted by atomic mass is 35.5. The van der Waals surface area contributed by atoms with Crippen molar-refractivity contribution in [1.29, 1.82) is 0 Å². The van der Waals surface area contributed by atoms with Crippen LogP contribution in [0.3, 0.4) is 0 Å². The Labute approximate surface area is 122 Å². The number of phenols is 1. The number of halogens is 1. The van der Waals surface area contributed by atoms with Crippen molar-refractivity contribution >= 4 is 23.2 Å². The summed E-state index contributed by atoms with van der Waals surface area (Å²) in [6, 6.07) is 12.8. The van der Waals surface area contributed by atoms with Crippen molar-refractivity contribution < 1.29 is 9.90 Å². The van der Waals surface area contributed by atoms with Gasteiger partial charge in [-0.3, -0.25) is 4.79 Å². The van der Waals surface area contributed by atoms with E-state index >= 15 is 0 Å². The van der Waals surface area contributed by atoms with E-state index in [-0.39, 0.29) is 11.7 Å². The zero-order chi connectivity index (χ0) is 14.5. The highest BCUT2D eigenvalue weighted by molar-refractivity contribution is 6.30. The van der Waals surface area contributed by atoms with E-state index in [4.69, 9.17) is 17.3 Å². The zero-order valence-corrected chi connectivity index (χ0v) is 11.5. The summed E-state index contributed by atoms with van der Waals surface area (Å²) in [5, 5.41) is 12.5. The lowest BCUT2D eigenvalue weighted by atomic mass is 10.1. The molecule has 0 unspecified atom stereocenters. The Morgan fingerprint density at radius 2 is 1.95 bits per heavy atom. The molecule has 5 heteroatoms. The van der Waals surface area contributed by atoms with Crippen LogP contribution in [0, 0.1) is 0 Å². The van der Waals surface area contributed by atoms with Gasteiger partial charge in [0, 0.05) is 10.7 Å². The molecule has 2 rings (SSSR count). The van der Waals surface area contributed by atoms with Crippen LogP contribution in [-0.2, 0) is 11.2 Å². The molecule has 0 aliphatic heterocycles. The van der Waals surface area contributed by atoms with Gasteiger partial charge in [0.2, 0.25) is 5.91 Å². The van der Waals surface area contributed by atoms with Crippen LogP contribution in [0.2, 0.25) is 5.02 Å². The Bertz CT molecular complexity index is 599. The molecule has 0 radical (unpaired) electrons. The van der Waals surface area contributed by atoms with Crippen molar-refractivity contribution in [3.8, 4) is 5.75 Å². The van der Waals surface area contributed by atoms with Crippen LogP contribution in [0.4, 0.5) is 5.69 Å². The molecule has 20 heavy (non-hydrogen) atoms. The SMILES string of the molecule is N[C@@H](Cc1ccc(O)cc1)C(=O)Nc1cccc(Cl)c1. The predicted octanol–water partition coefficient (Wildman–Crippen LogP) is 2.55.